The number of rotatable bonds is 2. The van der Waals surface area contributed by atoms with E-state index in [2.05, 4.69) is 66.9 Å². The smallest absolute Gasteiger partial charge is 0.222 e. The molecular weight excluding hydrogens is 382 g/mol. The highest BCUT2D eigenvalue weighted by Crippen LogP contribution is 2.20. The van der Waals surface area contributed by atoms with Crippen LogP contribution in [0.5, 0.6) is 0 Å². The van der Waals surface area contributed by atoms with E-state index in [0.29, 0.717) is 0 Å². The molecule has 0 bridgehead atoms. The molecule has 4 rings (SSSR count). The van der Waals surface area contributed by atoms with Gasteiger partial charge < -0.3 is 0 Å². The van der Waals surface area contributed by atoms with Gasteiger partial charge in [0.15, 0.2) is 0 Å². The molecule has 0 amide bonds. The number of halogens is 1. The Balaban J connectivity index is 0.000000403. The van der Waals surface area contributed by atoms with Gasteiger partial charge in [-0.15, -0.1) is 14.8 Å². The first-order chi connectivity index (χ1) is 13.2. The fourth-order valence-electron chi connectivity index (χ4n) is 3.06. The standard InChI is InChI=1S/C20H18N3.ClHO4/c1-15-13-16(2)23-20(22(15)18-11-7-4-8-12-18)14-19(21-23)17-9-5-3-6-10-17;2-1(3,4)5/h3-14H,1-2H3;(H,2,3,4,5)/q+1;/p-1. The van der Waals surface area contributed by atoms with Gasteiger partial charge in [0.05, 0.1) is 6.07 Å². The molecule has 0 saturated carbocycles. The summed E-state index contributed by atoms with van der Waals surface area (Å²) in [5.41, 5.74) is 6.67. The van der Waals surface area contributed by atoms with Gasteiger partial charge >= 0.3 is 5.65 Å². The third-order valence-electron chi connectivity index (χ3n) is 4.11. The van der Waals surface area contributed by atoms with Gasteiger partial charge in [-0.3, -0.25) is 0 Å². The maximum Gasteiger partial charge on any atom is 0.314 e. The quantitative estimate of drug-likeness (QED) is 0.407. The highest BCUT2D eigenvalue weighted by molar-refractivity contribution is 5.63. The summed E-state index contributed by atoms with van der Waals surface area (Å²) in [7, 11) is -4.94. The first-order valence-corrected chi connectivity index (χ1v) is 9.62. The number of nitrogens with zero attached hydrogens (tertiary/aromatic N) is 3. The van der Waals surface area contributed by atoms with E-state index in [1.165, 1.54) is 5.69 Å². The Labute approximate surface area is 164 Å². The van der Waals surface area contributed by atoms with Crippen molar-refractivity contribution in [3.05, 3.63) is 84.2 Å². The van der Waals surface area contributed by atoms with E-state index in [1.807, 2.05) is 28.8 Å². The van der Waals surface area contributed by atoms with Crippen molar-refractivity contribution < 1.29 is 33.4 Å². The van der Waals surface area contributed by atoms with Crippen molar-refractivity contribution in [1.29, 1.82) is 0 Å². The maximum atomic E-state index is 8.49. The summed E-state index contributed by atoms with van der Waals surface area (Å²) in [6.07, 6.45) is 0. The number of para-hydroxylation sites is 1. The normalized spacial score (nSPS) is 11.2. The van der Waals surface area contributed by atoms with Crippen LogP contribution in [0.4, 0.5) is 0 Å². The van der Waals surface area contributed by atoms with E-state index in [4.69, 9.17) is 23.7 Å². The van der Waals surface area contributed by atoms with E-state index < -0.39 is 10.2 Å². The molecule has 2 aromatic carbocycles. The second kappa shape index (κ2) is 8.05. The van der Waals surface area contributed by atoms with Crippen molar-refractivity contribution >= 4 is 5.65 Å². The topological polar surface area (TPSA) is 113 Å². The van der Waals surface area contributed by atoms with Crippen LogP contribution in [0.25, 0.3) is 22.6 Å². The summed E-state index contributed by atoms with van der Waals surface area (Å²) in [4.78, 5) is 0. The van der Waals surface area contributed by atoms with E-state index >= 15 is 0 Å². The van der Waals surface area contributed by atoms with E-state index in [9.17, 15) is 0 Å². The summed E-state index contributed by atoms with van der Waals surface area (Å²) in [6.45, 7) is 4.23. The summed E-state index contributed by atoms with van der Waals surface area (Å²) >= 11 is 0. The molecule has 0 saturated heterocycles. The lowest BCUT2D eigenvalue weighted by Gasteiger charge is -2.17. The number of benzene rings is 2. The second-order valence-corrected chi connectivity index (χ2v) is 6.90. The van der Waals surface area contributed by atoms with Crippen molar-refractivity contribution in [3.63, 3.8) is 0 Å². The van der Waals surface area contributed by atoms with Gasteiger partial charge in [0.25, 0.3) is 0 Å². The minimum Gasteiger partial charge on any atom is -0.222 e. The number of hydrogen-bond acceptors (Lipinski definition) is 5. The average Bonchev–Trinajstić information content (AvgIpc) is 3.07. The first-order valence-electron chi connectivity index (χ1n) is 8.38. The lowest BCUT2D eigenvalue weighted by molar-refractivity contribution is -2.00. The second-order valence-electron chi connectivity index (χ2n) is 6.14. The van der Waals surface area contributed by atoms with Crippen LogP contribution in [0.15, 0.2) is 72.8 Å². The Hall–Kier alpha value is -2.81. The molecule has 2 heterocycles. The van der Waals surface area contributed by atoms with Crippen LogP contribution in [-0.2, 0) is 0 Å². The maximum absolute atomic E-state index is 8.49. The molecule has 0 fully saturated rings. The number of hydrogen-bond donors (Lipinski definition) is 0. The monoisotopic (exact) mass is 399 g/mol. The lowest BCUT2D eigenvalue weighted by atomic mass is 10.1. The van der Waals surface area contributed by atoms with Crippen LogP contribution in [0.3, 0.4) is 0 Å². The third-order valence-corrected chi connectivity index (χ3v) is 4.11. The van der Waals surface area contributed by atoms with Gasteiger partial charge in [-0.05, 0) is 19.1 Å². The molecule has 0 aliphatic carbocycles. The summed E-state index contributed by atoms with van der Waals surface area (Å²) in [5.74, 6) is 0. The summed E-state index contributed by atoms with van der Waals surface area (Å²) in [5, 5.41) is 4.81. The van der Waals surface area contributed by atoms with Crippen LogP contribution >= 0.6 is 0 Å². The minimum absolute atomic E-state index is 0.990. The van der Waals surface area contributed by atoms with Crippen molar-refractivity contribution in [2.75, 3.05) is 0 Å². The van der Waals surface area contributed by atoms with Gasteiger partial charge in [-0.25, -0.2) is 18.6 Å². The van der Waals surface area contributed by atoms with Crippen LogP contribution in [-0.4, -0.2) is 9.61 Å². The summed E-state index contributed by atoms with van der Waals surface area (Å²) in [6, 6.07) is 25.0. The van der Waals surface area contributed by atoms with Crippen molar-refractivity contribution in [2.45, 2.75) is 13.8 Å². The number of aromatic nitrogens is 3. The fourth-order valence-corrected chi connectivity index (χ4v) is 3.06. The van der Waals surface area contributed by atoms with Crippen LogP contribution in [0.1, 0.15) is 11.4 Å². The molecule has 0 radical (unpaired) electrons. The molecule has 0 aliphatic rings. The van der Waals surface area contributed by atoms with E-state index in [0.717, 1.165) is 28.3 Å². The molecule has 28 heavy (non-hydrogen) atoms. The Morgan fingerprint density at radius 2 is 1.36 bits per heavy atom. The SMILES string of the molecule is Cc1cc(C)[n+](-c2ccccc2)c2cc(-c3ccccc3)nn12.[O-][Cl+3]([O-])([O-])[O-]. The molecule has 144 valence electrons. The minimum atomic E-state index is -4.94. The van der Waals surface area contributed by atoms with Crippen LogP contribution < -0.4 is 23.2 Å². The van der Waals surface area contributed by atoms with Gasteiger partial charge in [0, 0.05) is 18.6 Å². The zero-order chi connectivity index (χ0) is 20.3. The van der Waals surface area contributed by atoms with Crippen molar-refractivity contribution in [3.8, 4) is 16.9 Å². The van der Waals surface area contributed by atoms with Gasteiger partial charge in [-0.1, -0.05) is 53.6 Å². The van der Waals surface area contributed by atoms with Crippen LogP contribution in [0.2, 0.25) is 0 Å². The van der Waals surface area contributed by atoms with Crippen molar-refractivity contribution in [2.24, 2.45) is 0 Å². The lowest BCUT2D eigenvalue weighted by Crippen LogP contribution is -2.68. The molecule has 0 spiro atoms. The third kappa shape index (κ3) is 4.72. The molecule has 7 nitrogen and oxygen atoms in total. The molecule has 2 aromatic heterocycles. The first kappa shape index (κ1) is 19.9. The highest BCUT2D eigenvalue weighted by Gasteiger charge is 2.20. The Morgan fingerprint density at radius 1 is 0.821 bits per heavy atom. The Kier molecular flexibility index (Phi) is 5.73. The number of aryl methyl sites for hydroxylation is 2. The van der Waals surface area contributed by atoms with Gasteiger partial charge in [0.2, 0.25) is 0 Å². The van der Waals surface area contributed by atoms with Gasteiger partial charge in [0.1, 0.15) is 22.8 Å². The van der Waals surface area contributed by atoms with E-state index in [1.54, 1.807) is 0 Å². The zero-order valence-electron chi connectivity index (χ0n) is 15.3. The van der Waals surface area contributed by atoms with Gasteiger partial charge in [-0.2, -0.15) is 4.57 Å². The molecule has 0 unspecified atom stereocenters. The van der Waals surface area contributed by atoms with Crippen molar-refractivity contribution in [1.82, 2.24) is 9.61 Å². The predicted molar refractivity (Wildman–Crippen MR) is 91.6 cm³/mol. The fraction of sp³-hybridized carbons (Fsp3) is 0.100. The molecule has 0 N–H and O–H groups in total. The Morgan fingerprint density at radius 3 is 1.93 bits per heavy atom. The zero-order valence-corrected chi connectivity index (χ0v) is 16.0. The summed E-state index contributed by atoms with van der Waals surface area (Å²) < 4.78 is 38.2. The van der Waals surface area contributed by atoms with Crippen LogP contribution in [0, 0.1) is 24.1 Å². The molecule has 0 atom stereocenters. The largest absolute Gasteiger partial charge is 0.314 e. The number of fused-ring (bicyclic) bond motifs is 1. The molecular formula is C20H18ClN3O4. The molecule has 8 heteroatoms. The average molecular weight is 400 g/mol. The predicted octanol–water partition coefficient (Wildman–Crippen LogP) is -0.861. The highest BCUT2D eigenvalue weighted by atomic mass is 35.7. The Bertz CT molecular complexity index is 1070. The molecule has 4 aromatic rings. The molecule has 0 aliphatic heterocycles. The van der Waals surface area contributed by atoms with E-state index in [-0.39, 0.29) is 0 Å².